The van der Waals surface area contributed by atoms with Crippen LogP contribution in [0.4, 0.5) is 5.69 Å². The number of nitrogens with one attached hydrogen (secondary N) is 2. The summed E-state index contributed by atoms with van der Waals surface area (Å²) in [5.41, 5.74) is 1.15. The van der Waals surface area contributed by atoms with Crippen LogP contribution in [-0.2, 0) is 16.1 Å². The van der Waals surface area contributed by atoms with Crippen LogP contribution in [-0.4, -0.2) is 16.9 Å². The van der Waals surface area contributed by atoms with Crippen LogP contribution in [0, 0.1) is 11.3 Å². The molecule has 146 valence electrons. The topological polar surface area (TPSA) is 102 Å². The van der Waals surface area contributed by atoms with Crippen molar-refractivity contribution in [1.29, 1.82) is 5.26 Å². The van der Waals surface area contributed by atoms with Crippen molar-refractivity contribution < 1.29 is 14.7 Å². The van der Waals surface area contributed by atoms with Crippen molar-refractivity contribution in [3.05, 3.63) is 86.6 Å². The highest BCUT2D eigenvalue weighted by atomic mass is 35.5. The number of hydrogen-bond acceptors (Lipinski definition) is 5. The summed E-state index contributed by atoms with van der Waals surface area (Å²) in [5, 5.41) is 24.8. The van der Waals surface area contributed by atoms with E-state index in [2.05, 4.69) is 10.6 Å². The summed E-state index contributed by atoms with van der Waals surface area (Å²) in [4.78, 5) is 25.7. The van der Waals surface area contributed by atoms with Gasteiger partial charge in [-0.25, -0.2) is 0 Å². The smallest absolute Gasteiger partial charge is 0.313 e. The predicted molar refractivity (Wildman–Crippen MR) is 111 cm³/mol. The Morgan fingerprint density at radius 2 is 1.86 bits per heavy atom. The van der Waals surface area contributed by atoms with Gasteiger partial charge in [0.1, 0.15) is 12.2 Å². The summed E-state index contributed by atoms with van der Waals surface area (Å²) in [6.07, 6.45) is -0.749. The quantitative estimate of drug-likeness (QED) is 0.543. The number of nitriles is 1. The molecule has 2 aromatic carbocycles. The van der Waals surface area contributed by atoms with Crippen LogP contribution < -0.4 is 10.6 Å². The zero-order valence-electron chi connectivity index (χ0n) is 15.1. The number of amides is 2. The number of nitrogens with zero attached hydrogens (tertiary/aromatic N) is 1. The van der Waals surface area contributed by atoms with Crippen molar-refractivity contribution in [1.82, 2.24) is 5.32 Å². The number of halogens is 1. The van der Waals surface area contributed by atoms with Gasteiger partial charge in [-0.2, -0.15) is 5.26 Å². The van der Waals surface area contributed by atoms with Gasteiger partial charge in [-0.05, 0) is 35.9 Å². The average Bonchev–Trinajstić information content (AvgIpc) is 3.21. The van der Waals surface area contributed by atoms with Gasteiger partial charge in [0.15, 0.2) is 0 Å². The third kappa shape index (κ3) is 5.21. The van der Waals surface area contributed by atoms with E-state index < -0.39 is 17.9 Å². The lowest BCUT2D eigenvalue weighted by Crippen LogP contribution is -2.34. The highest BCUT2D eigenvalue weighted by Crippen LogP contribution is 2.28. The Balaban J connectivity index is 1.59. The molecule has 3 aromatic rings. The van der Waals surface area contributed by atoms with Gasteiger partial charge in [0, 0.05) is 14.8 Å². The first kappa shape index (κ1) is 20.6. The Morgan fingerprint density at radius 3 is 2.59 bits per heavy atom. The zero-order valence-corrected chi connectivity index (χ0v) is 16.6. The molecule has 2 amide bonds. The minimum atomic E-state index is -0.898. The lowest BCUT2D eigenvalue weighted by atomic mass is 10.1. The number of hydrogen-bond donors (Lipinski definition) is 3. The number of carbonyl (C=O) groups excluding carboxylic acids is 2. The van der Waals surface area contributed by atoms with Crippen LogP contribution in [0.1, 0.15) is 27.0 Å². The third-order valence-corrected chi connectivity index (χ3v) is 5.42. The lowest BCUT2D eigenvalue weighted by Gasteiger charge is -2.08. The average molecular weight is 426 g/mol. The van der Waals surface area contributed by atoms with Gasteiger partial charge in [0.05, 0.1) is 17.8 Å². The molecule has 0 saturated heterocycles. The Hall–Kier alpha value is -3.18. The van der Waals surface area contributed by atoms with Crippen LogP contribution >= 0.6 is 22.9 Å². The van der Waals surface area contributed by atoms with E-state index >= 15 is 0 Å². The maximum Gasteiger partial charge on any atom is 0.313 e. The fourth-order valence-corrected chi connectivity index (χ4v) is 3.72. The van der Waals surface area contributed by atoms with Crippen molar-refractivity contribution in [2.75, 3.05) is 5.32 Å². The first-order chi connectivity index (χ1) is 14.0. The fourth-order valence-electron chi connectivity index (χ4n) is 2.58. The van der Waals surface area contributed by atoms with Crippen LogP contribution in [0.2, 0.25) is 5.02 Å². The molecule has 3 rings (SSSR count). The largest absolute Gasteiger partial charge is 0.383 e. The molecule has 0 aliphatic heterocycles. The maximum atomic E-state index is 12.1. The van der Waals surface area contributed by atoms with Gasteiger partial charge in [-0.1, -0.05) is 41.9 Å². The third-order valence-electron chi connectivity index (χ3n) is 4.05. The number of benzene rings is 2. The number of carbonyl (C=O) groups is 2. The number of anilines is 1. The van der Waals surface area contributed by atoms with Crippen LogP contribution in [0.3, 0.4) is 0 Å². The van der Waals surface area contributed by atoms with E-state index in [9.17, 15) is 14.7 Å². The number of aliphatic hydroxyl groups excluding tert-OH is 1. The van der Waals surface area contributed by atoms with E-state index in [0.717, 1.165) is 15.3 Å². The van der Waals surface area contributed by atoms with E-state index in [-0.39, 0.29) is 17.8 Å². The Labute approximate surface area is 176 Å². The normalized spacial score (nSPS) is 11.3. The number of aliphatic hydroxyl groups is 1. The van der Waals surface area contributed by atoms with Gasteiger partial charge in [0.25, 0.3) is 0 Å². The van der Waals surface area contributed by atoms with Gasteiger partial charge in [0.2, 0.25) is 0 Å². The SMILES string of the molecule is N#Cc1ccc(Cl)cc1NC(=O)C(=O)NCc1ccc([C@H](O)c2ccccc2)s1. The number of thiophene rings is 1. The number of rotatable bonds is 5. The first-order valence-corrected chi connectivity index (χ1v) is 9.78. The molecule has 1 aromatic heterocycles. The molecular weight excluding hydrogens is 410 g/mol. The molecule has 0 aliphatic carbocycles. The molecule has 29 heavy (non-hydrogen) atoms. The van der Waals surface area contributed by atoms with Gasteiger partial charge in [-0.3, -0.25) is 9.59 Å². The van der Waals surface area contributed by atoms with Crippen molar-refractivity contribution in [2.45, 2.75) is 12.6 Å². The molecule has 1 heterocycles. The van der Waals surface area contributed by atoms with Gasteiger partial charge >= 0.3 is 11.8 Å². The van der Waals surface area contributed by atoms with Crippen molar-refractivity contribution in [3.63, 3.8) is 0 Å². The molecule has 1 atom stereocenters. The monoisotopic (exact) mass is 425 g/mol. The zero-order chi connectivity index (χ0) is 20.8. The second-order valence-electron chi connectivity index (χ2n) is 6.06. The molecule has 0 fully saturated rings. The highest BCUT2D eigenvalue weighted by Gasteiger charge is 2.17. The standard InChI is InChI=1S/C21H16ClN3O3S/c22-15-7-6-14(11-23)17(10-15)25-21(28)20(27)24-12-16-8-9-18(29-16)19(26)13-4-2-1-3-5-13/h1-10,19,26H,12H2,(H,24,27)(H,25,28)/t19-/m1/s1. The second-order valence-corrected chi connectivity index (χ2v) is 7.69. The molecular formula is C21H16ClN3O3S. The predicted octanol–water partition coefficient (Wildman–Crippen LogP) is 3.61. The van der Waals surface area contributed by atoms with Crippen molar-refractivity contribution in [3.8, 4) is 6.07 Å². The van der Waals surface area contributed by atoms with E-state index in [1.807, 2.05) is 36.4 Å². The molecule has 0 unspecified atom stereocenters. The Kier molecular flexibility index (Phi) is 6.62. The van der Waals surface area contributed by atoms with Crippen molar-refractivity contribution >= 4 is 40.4 Å². The van der Waals surface area contributed by atoms with Crippen LogP contribution in [0.5, 0.6) is 0 Å². The summed E-state index contributed by atoms with van der Waals surface area (Å²) < 4.78 is 0. The summed E-state index contributed by atoms with van der Waals surface area (Å²) >= 11 is 7.21. The molecule has 0 spiro atoms. The van der Waals surface area contributed by atoms with Crippen LogP contribution in [0.25, 0.3) is 0 Å². The molecule has 0 bridgehead atoms. The van der Waals surface area contributed by atoms with E-state index in [1.54, 1.807) is 12.1 Å². The van der Waals surface area contributed by atoms with Gasteiger partial charge in [-0.15, -0.1) is 11.3 Å². The lowest BCUT2D eigenvalue weighted by molar-refractivity contribution is -0.136. The van der Waals surface area contributed by atoms with E-state index in [1.165, 1.54) is 29.5 Å². The molecule has 0 saturated carbocycles. The fraction of sp³-hybridized carbons (Fsp3) is 0.0952. The van der Waals surface area contributed by atoms with E-state index in [0.29, 0.717) is 5.02 Å². The molecule has 0 radical (unpaired) electrons. The van der Waals surface area contributed by atoms with Crippen molar-refractivity contribution in [2.24, 2.45) is 0 Å². The maximum absolute atomic E-state index is 12.1. The summed E-state index contributed by atoms with van der Waals surface area (Å²) in [5.74, 6) is -1.74. The highest BCUT2D eigenvalue weighted by molar-refractivity contribution is 7.12. The van der Waals surface area contributed by atoms with Gasteiger partial charge < -0.3 is 15.7 Å². The first-order valence-electron chi connectivity index (χ1n) is 8.58. The molecule has 0 aliphatic rings. The van der Waals surface area contributed by atoms with Crippen LogP contribution in [0.15, 0.2) is 60.7 Å². The summed E-state index contributed by atoms with van der Waals surface area (Å²) in [6.45, 7) is 0.138. The molecule has 8 heteroatoms. The summed E-state index contributed by atoms with van der Waals surface area (Å²) in [7, 11) is 0. The Bertz CT molecular complexity index is 1080. The molecule has 6 nitrogen and oxygen atoms in total. The minimum absolute atomic E-state index is 0.138. The van der Waals surface area contributed by atoms with E-state index in [4.69, 9.17) is 16.9 Å². The minimum Gasteiger partial charge on any atom is -0.383 e. The Morgan fingerprint density at radius 1 is 1.10 bits per heavy atom. The summed E-state index contributed by atoms with van der Waals surface area (Å²) in [6, 6.07) is 19.1. The molecule has 3 N–H and O–H groups in total. The second kappa shape index (κ2) is 9.34.